The van der Waals surface area contributed by atoms with Crippen molar-refractivity contribution in [2.45, 2.75) is 38.6 Å². The third-order valence-electron chi connectivity index (χ3n) is 3.51. The molecule has 0 radical (unpaired) electrons. The van der Waals surface area contributed by atoms with Crippen molar-refractivity contribution in [1.82, 2.24) is 9.88 Å². The molecule has 1 aliphatic rings. The number of hydrogen-bond donors (Lipinski definition) is 3. The van der Waals surface area contributed by atoms with Crippen LogP contribution in [0.5, 0.6) is 0 Å². The minimum atomic E-state index is -0.0235. The summed E-state index contributed by atoms with van der Waals surface area (Å²) in [4.78, 5) is 19.2. The molecule has 1 fully saturated rings. The molecule has 7 heteroatoms. The van der Waals surface area contributed by atoms with Gasteiger partial charge in [0, 0.05) is 25.7 Å². The number of carbonyl (C=O) groups excluding carboxylic acids is 1. The maximum absolute atomic E-state index is 12.6. The molecule has 1 aromatic heterocycles. The highest BCUT2D eigenvalue weighted by atomic mass is 32.1. The number of amides is 1. The van der Waals surface area contributed by atoms with Crippen LogP contribution >= 0.6 is 11.3 Å². The van der Waals surface area contributed by atoms with Crippen molar-refractivity contribution >= 4 is 28.2 Å². The number of nitrogens with zero attached hydrogens (tertiary/aromatic N) is 2. The quantitative estimate of drug-likeness (QED) is 0.741. The van der Waals surface area contributed by atoms with Crippen molar-refractivity contribution in [2.24, 2.45) is 0 Å². The molecule has 0 saturated carbocycles. The molecule has 1 aromatic rings. The van der Waals surface area contributed by atoms with Gasteiger partial charge in [0.15, 0.2) is 5.13 Å². The van der Waals surface area contributed by atoms with Crippen LogP contribution in [-0.2, 0) is 0 Å². The predicted molar refractivity (Wildman–Crippen MR) is 81.1 cm³/mol. The number of aliphatic hydroxyl groups excluding tert-OH is 1. The van der Waals surface area contributed by atoms with Crippen LogP contribution < -0.4 is 11.1 Å². The van der Waals surface area contributed by atoms with E-state index in [0.717, 1.165) is 38.8 Å². The number of rotatable bonds is 6. The van der Waals surface area contributed by atoms with Crippen molar-refractivity contribution in [3.05, 3.63) is 4.88 Å². The van der Waals surface area contributed by atoms with Crippen LogP contribution in [0.3, 0.4) is 0 Å². The fraction of sp³-hybridized carbons (Fsp3) is 0.692. The van der Waals surface area contributed by atoms with E-state index in [-0.39, 0.29) is 18.6 Å². The topological polar surface area (TPSA) is 91.5 Å². The van der Waals surface area contributed by atoms with Gasteiger partial charge in [0.2, 0.25) is 0 Å². The number of carbonyl (C=O) groups is 1. The average Bonchev–Trinajstić information content (AvgIpc) is 3.03. The van der Waals surface area contributed by atoms with Gasteiger partial charge in [-0.15, -0.1) is 0 Å². The molecule has 1 amide bonds. The second-order valence-electron chi connectivity index (χ2n) is 4.92. The Morgan fingerprint density at radius 1 is 1.65 bits per heavy atom. The van der Waals surface area contributed by atoms with Gasteiger partial charge in [0.1, 0.15) is 10.7 Å². The lowest BCUT2D eigenvalue weighted by Crippen LogP contribution is -2.35. The van der Waals surface area contributed by atoms with Gasteiger partial charge in [-0.3, -0.25) is 4.79 Å². The normalized spacial score (nSPS) is 18.5. The van der Waals surface area contributed by atoms with Crippen molar-refractivity contribution in [3.63, 3.8) is 0 Å². The Morgan fingerprint density at radius 2 is 2.45 bits per heavy atom. The van der Waals surface area contributed by atoms with E-state index >= 15 is 0 Å². The molecule has 1 unspecified atom stereocenters. The number of aromatic nitrogens is 1. The van der Waals surface area contributed by atoms with Crippen LogP contribution in [0.15, 0.2) is 0 Å². The molecule has 2 rings (SSSR count). The average molecular weight is 298 g/mol. The summed E-state index contributed by atoms with van der Waals surface area (Å²) in [7, 11) is 0. The second kappa shape index (κ2) is 6.90. The van der Waals surface area contributed by atoms with E-state index in [9.17, 15) is 4.79 Å². The van der Waals surface area contributed by atoms with E-state index in [1.54, 1.807) is 0 Å². The fourth-order valence-corrected chi connectivity index (χ4v) is 3.48. The first kappa shape index (κ1) is 15.1. The van der Waals surface area contributed by atoms with Gasteiger partial charge in [-0.1, -0.05) is 11.3 Å². The van der Waals surface area contributed by atoms with Gasteiger partial charge in [0.25, 0.3) is 5.91 Å². The maximum atomic E-state index is 12.6. The largest absolute Gasteiger partial charge is 0.396 e. The number of anilines is 2. The highest BCUT2D eigenvalue weighted by molar-refractivity contribution is 7.18. The molecule has 20 heavy (non-hydrogen) atoms. The molecule has 0 aromatic carbocycles. The first-order valence-electron chi connectivity index (χ1n) is 7.09. The number of aliphatic hydroxyl groups is 1. The van der Waals surface area contributed by atoms with Gasteiger partial charge in [0.05, 0.1) is 0 Å². The van der Waals surface area contributed by atoms with Crippen LogP contribution in [0, 0.1) is 0 Å². The Hall–Kier alpha value is -1.34. The Labute approximate surface area is 123 Å². The summed E-state index contributed by atoms with van der Waals surface area (Å²) < 4.78 is 0. The van der Waals surface area contributed by atoms with Crippen molar-refractivity contribution in [3.8, 4) is 0 Å². The number of nitrogens with one attached hydrogen (secondary N) is 1. The lowest BCUT2D eigenvalue weighted by atomic mass is 10.1. The molecule has 1 atom stereocenters. The van der Waals surface area contributed by atoms with Crippen LogP contribution in [0.2, 0.25) is 0 Å². The van der Waals surface area contributed by atoms with Crippen LogP contribution in [0.25, 0.3) is 0 Å². The van der Waals surface area contributed by atoms with Gasteiger partial charge in [-0.25, -0.2) is 4.98 Å². The van der Waals surface area contributed by atoms with Gasteiger partial charge in [-0.05, 0) is 32.6 Å². The van der Waals surface area contributed by atoms with Crippen LogP contribution in [0.1, 0.15) is 42.3 Å². The Bertz CT molecular complexity index is 463. The van der Waals surface area contributed by atoms with Crippen molar-refractivity contribution in [1.29, 1.82) is 0 Å². The highest BCUT2D eigenvalue weighted by Crippen LogP contribution is 2.30. The second-order valence-corrected chi connectivity index (χ2v) is 5.92. The van der Waals surface area contributed by atoms with Gasteiger partial charge in [-0.2, -0.15) is 0 Å². The molecule has 0 aliphatic carbocycles. The Balaban J connectivity index is 2.09. The molecule has 4 N–H and O–H groups in total. The van der Waals surface area contributed by atoms with E-state index < -0.39 is 0 Å². The number of thiazole rings is 1. The lowest BCUT2D eigenvalue weighted by molar-refractivity contribution is 0.0730. The molecule has 1 aliphatic heterocycles. The zero-order valence-corrected chi connectivity index (χ0v) is 12.6. The number of nitrogens with two attached hydrogens (primary N) is 1. The minimum Gasteiger partial charge on any atom is -0.396 e. The first-order valence-corrected chi connectivity index (χ1v) is 7.91. The van der Waals surface area contributed by atoms with E-state index in [1.807, 2.05) is 11.8 Å². The van der Waals surface area contributed by atoms with E-state index in [2.05, 4.69) is 10.3 Å². The third kappa shape index (κ3) is 3.21. The first-order chi connectivity index (χ1) is 9.67. The maximum Gasteiger partial charge on any atom is 0.268 e. The smallest absolute Gasteiger partial charge is 0.268 e. The summed E-state index contributed by atoms with van der Waals surface area (Å²) in [6.07, 6.45) is 3.60. The molecular weight excluding hydrogens is 276 g/mol. The minimum absolute atomic E-state index is 0.0235. The number of nitrogen functional groups attached to an aromatic ring is 1. The highest BCUT2D eigenvalue weighted by Gasteiger charge is 2.31. The zero-order valence-electron chi connectivity index (χ0n) is 11.8. The van der Waals surface area contributed by atoms with Crippen molar-refractivity contribution in [2.75, 3.05) is 30.7 Å². The summed E-state index contributed by atoms with van der Waals surface area (Å²) in [5, 5.41) is 12.7. The standard InChI is InChI=1S/C13H22N4O2S/c1-2-15-13-16-11(14)10(20-13)12(19)17-7-3-5-9(17)6-4-8-18/h9,18H,2-8,14H2,1H3,(H,15,16). The van der Waals surface area contributed by atoms with Crippen LogP contribution in [0.4, 0.5) is 10.9 Å². The lowest BCUT2D eigenvalue weighted by Gasteiger charge is -2.24. The summed E-state index contributed by atoms with van der Waals surface area (Å²) in [6, 6.07) is 0.221. The van der Waals surface area contributed by atoms with Gasteiger partial charge >= 0.3 is 0 Å². The molecule has 0 bridgehead atoms. The van der Waals surface area contributed by atoms with Crippen LogP contribution in [-0.4, -0.2) is 46.6 Å². The number of likely N-dealkylation sites (tertiary alicyclic amines) is 1. The summed E-state index contributed by atoms with van der Waals surface area (Å²) in [5.41, 5.74) is 5.86. The summed E-state index contributed by atoms with van der Waals surface area (Å²) >= 11 is 1.32. The Kier molecular flexibility index (Phi) is 5.19. The SMILES string of the molecule is CCNc1nc(N)c(C(=O)N2CCCC2CCCO)s1. The van der Waals surface area contributed by atoms with Gasteiger partial charge < -0.3 is 21.1 Å². The van der Waals surface area contributed by atoms with Crippen molar-refractivity contribution < 1.29 is 9.90 Å². The summed E-state index contributed by atoms with van der Waals surface area (Å²) in [6.45, 7) is 3.67. The molecule has 2 heterocycles. The molecule has 1 saturated heterocycles. The van der Waals surface area contributed by atoms with E-state index in [0.29, 0.717) is 15.8 Å². The van der Waals surface area contributed by atoms with E-state index in [1.165, 1.54) is 11.3 Å². The van der Waals surface area contributed by atoms with E-state index in [4.69, 9.17) is 10.8 Å². The zero-order chi connectivity index (χ0) is 14.5. The molecule has 6 nitrogen and oxygen atoms in total. The molecular formula is C13H22N4O2S. The Morgan fingerprint density at radius 3 is 3.15 bits per heavy atom. The number of hydrogen-bond acceptors (Lipinski definition) is 6. The monoisotopic (exact) mass is 298 g/mol. The molecule has 112 valence electrons. The predicted octanol–water partition coefficient (Wildman–Crippen LogP) is 1.53. The fourth-order valence-electron chi connectivity index (χ4n) is 2.57. The molecule has 0 spiro atoms. The summed E-state index contributed by atoms with van der Waals surface area (Å²) in [5.74, 6) is 0.286. The third-order valence-corrected chi connectivity index (χ3v) is 4.53.